The average Bonchev–Trinajstić information content (AvgIpc) is 2.05. The lowest BCUT2D eigenvalue weighted by atomic mass is 9.94. The monoisotopic (exact) mass is 186 g/mol. The summed E-state index contributed by atoms with van der Waals surface area (Å²) in [5.74, 6) is -0.988. The number of rotatable bonds is 3. The number of hydrogen-bond donors (Lipinski definition) is 3. The molecule has 1 aliphatic carbocycles. The van der Waals surface area contributed by atoms with E-state index in [4.69, 9.17) is 10.8 Å². The maximum Gasteiger partial charge on any atom is 0.338 e. The van der Waals surface area contributed by atoms with Gasteiger partial charge in [0.1, 0.15) is 0 Å². The van der Waals surface area contributed by atoms with Crippen LogP contribution in [0.25, 0.3) is 0 Å². The van der Waals surface area contributed by atoms with E-state index in [1.165, 1.54) is 26.2 Å². The molecule has 4 N–H and O–H groups in total. The zero-order chi connectivity index (χ0) is 9.90. The second-order valence-electron chi connectivity index (χ2n) is 3.99. The van der Waals surface area contributed by atoms with E-state index >= 15 is 0 Å². The topological polar surface area (TPSA) is 75.3 Å². The Morgan fingerprint density at radius 2 is 2.00 bits per heavy atom. The molecule has 0 radical (unpaired) electrons. The molecule has 1 fully saturated rings. The third-order valence-corrected chi connectivity index (χ3v) is 2.55. The minimum absolute atomic E-state index is 0.278. The molecule has 0 spiro atoms. The summed E-state index contributed by atoms with van der Waals surface area (Å²) in [4.78, 5) is 10.7. The van der Waals surface area contributed by atoms with Crippen LogP contribution in [0.3, 0.4) is 0 Å². The quantitative estimate of drug-likeness (QED) is 0.566. The molecule has 0 heterocycles. The van der Waals surface area contributed by atoms with E-state index in [0.29, 0.717) is 0 Å². The molecule has 1 aliphatic rings. The van der Waals surface area contributed by atoms with Crippen molar-refractivity contribution in [3.63, 3.8) is 0 Å². The molecular weight excluding hydrogens is 168 g/mol. The van der Waals surface area contributed by atoms with Crippen molar-refractivity contribution in [1.29, 1.82) is 0 Å². The Bertz CT molecular complexity index is 186. The zero-order valence-corrected chi connectivity index (χ0v) is 8.05. The van der Waals surface area contributed by atoms with E-state index < -0.39 is 11.6 Å². The third-order valence-electron chi connectivity index (χ3n) is 2.55. The molecule has 1 saturated carbocycles. The number of nitrogens with two attached hydrogens (primary N) is 1. The first-order valence-electron chi connectivity index (χ1n) is 4.82. The first-order chi connectivity index (χ1) is 6.02. The van der Waals surface area contributed by atoms with Crippen LogP contribution in [0.2, 0.25) is 0 Å². The minimum atomic E-state index is -1.28. The maximum atomic E-state index is 10.7. The highest BCUT2D eigenvalue weighted by Crippen LogP contribution is 2.18. The summed E-state index contributed by atoms with van der Waals surface area (Å²) in [7, 11) is 0. The van der Waals surface area contributed by atoms with Crippen molar-refractivity contribution in [2.24, 2.45) is 5.73 Å². The summed E-state index contributed by atoms with van der Waals surface area (Å²) >= 11 is 0. The summed E-state index contributed by atoms with van der Waals surface area (Å²) in [5, 5.41) is 11.8. The number of aliphatic carboxylic acids is 1. The largest absolute Gasteiger partial charge is 0.479 e. The van der Waals surface area contributed by atoms with Crippen LogP contribution in [-0.4, -0.2) is 22.8 Å². The predicted molar refractivity (Wildman–Crippen MR) is 50.2 cm³/mol. The van der Waals surface area contributed by atoms with E-state index in [1.54, 1.807) is 0 Å². The van der Waals surface area contributed by atoms with Gasteiger partial charge in [0.25, 0.3) is 0 Å². The van der Waals surface area contributed by atoms with E-state index in [-0.39, 0.29) is 6.04 Å². The molecular formula is C9H18N2O2. The van der Waals surface area contributed by atoms with Crippen LogP contribution >= 0.6 is 0 Å². The zero-order valence-electron chi connectivity index (χ0n) is 8.05. The van der Waals surface area contributed by atoms with Gasteiger partial charge in [-0.2, -0.15) is 0 Å². The van der Waals surface area contributed by atoms with Gasteiger partial charge in [-0.15, -0.1) is 0 Å². The molecule has 0 amide bonds. The van der Waals surface area contributed by atoms with Gasteiger partial charge in [-0.05, 0) is 19.8 Å². The summed E-state index contributed by atoms with van der Waals surface area (Å²) in [5.41, 5.74) is 4.30. The molecule has 0 aromatic heterocycles. The van der Waals surface area contributed by atoms with E-state index in [2.05, 4.69) is 5.32 Å². The molecule has 1 rings (SSSR count). The fourth-order valence-electron chi connectivity index (χ4n) is 1.73. The molecule has 4 heteroatoms. The Morgan fingerprint density at radius 3 is 2.46 bits per heavy atom. The van der Waals surface area contributed by atoms with Crippen molar-refractivity contribution >= 4 is 5.97 Å². The number of hydrogen-bond acceptors (Lipinski definition) is 3. The predicted octanol–water partition coefficient (Wildman–Crippen LogP) is 0.668. The molecule has 76 valence electrons. The van der Waals surface area contributed by atoms with Crippen molar-refractivity contribution < 1.29 is 9.90 Å². The molecule has 4 nitrogen and oxygen atoms in total. The molecule has 0 saturated heterocycles. The molecule has 0 aromatic rings. The summed E-state index contributed by atoms with van der Waals surface area (Å²) < 4.78 is 0. The van der Waals surface area contributed by atoms with Crippen LogP contribution < -0.4 is 11.1 Å². The van der Waals surface area contributed by atoms with Gasteiger partial charge >= 0.3 is 5.97 Å². The van der Waals surface area contributed by atoms with Crippen LogP contribution in [0.4, 0.5) is 0 Å². The fraction of sp³-hybridized carbons (Fsp3) is 0.889. The smallest absolute Gasteiger partial charge is 0.338 e. The van der Waals surface area contributed by atoms with Crippen LogP contribution in [0.1, 0.15) is 39.0 Å². The van der Waals surface area contributed by atoms with E-state index in [0.717, 1.165) is 12.8 Å². The van der Waals surface area contributed by atoms with Crippen LogP contribution in [-0.2, 0) is 4.79 Å². The highest BCUT2D eigenvalue weighted by atomic mass is 16.4. The molecule has 0 bridgehead atoms. The second kappa shape index (κ2) is 4.07. The first kappa shape index (κ1) is 10.5. The van der Waals surface area contributed by atoms with Gasteiger partial charge in [-0.3, -0.25) is 5.32 Å². The number of carbonyl (C=O) groups is 1. The van der Waals surface area contributed by atoms with Crippen molar-refractivity contribution in [1.82, 2.24) is 5.32 Å². The number of nitrogens with one attached hydrogen (secondary N) is 1. The van der Waals surface area contributed by atoms with E-state index in [9.17, 15) is 4.79 Å². The standard InChI is InChI=1S/C9H18N2O2/c1-9(10,8(12)13)11-7-5-3-2-4-6-7/h7,11H,2-6,10H2,1H3,(H,12,13). The molecule has 0 aliphatic heterocycles. The molecule has 13 heavy (non-hydrogen) atoms. The second-order valence-corrected chi connectivity index (χ2v) is 3.99. The lowest BCUT2D eigenvalue weighted by Gasteiger charge is -2.30. The first-order valence-corrected chi connectivity index (χ1v) is 4.82. The van der Waals surface area contributed by atoms with Gasteiger partial charge < -0.3 is 10.8 Å². The summed E-state index contributed by atoms with van der Waals surface area (Å²) in [6.07, 6.45) is 5.69. The van der Waals surface area contributed by atoms with E-state index in [1.807, 2.05) is 0 Å². The highest BCUT2D eigenvalue weighted by molar-refractivity contribution is 5.77. The molecule has 1 unspecified atom stereocenters. The number of carboxylic acids is 1. The number of carboxylic acid groups (broad SMARTS) is 1. The lowest BCUT2D eigenvalue weighted by molar-refractivity contribution is -0.144. The van der Waals surface area contributed by atoms with Gasteiger partial charge in [0.05, 0.1) is 0 Å². The lowest BCUT2D eigenvalue weighted by Crippen LogP contribution is -2.60. The van der Waals surface area contributed by atoms with Crippen LogP contribution in [0, 0.1) is 0 Å². The maximum absolute atomic E-state index is 10.7. The van der Waals surface area contributed by atoms with Gasteiger partial charge in [0, 0.05) is 6.04 Å². The molecule has 1 atom stereocenters. The van der Waals surface area contributed by atoms with Crippen molar-refractivity contribution in [3.8, 4) is 0 Å². The minimum Gasteiger partial charge on any atom is -0.479 e. The Labute approximate surface area is 78.5 Å². The van der Waals surface area contributed by atoms with Crippen molar-refractivity contribution in [2.45, 2.75) is 50.7 Å². The Kier molecular flexibility index (Phi) is 3.27. The average molecular weight is 186 g/mol. The van der Waals surface area contributed by atoms with Crippen LogP contribution in [0.5, 0.6) is 0 Å². The van der Waals surface area contributed by atoms with Gasteiger partial charge in [-0.1, -0.05) is 19.3 Å². The van der Waals surface area contributed by atoms with Crippen molar-refractivity contribution in [3.05, 3.63) is 0 Å². The van der Waals surface area contributed by atoms with Crippen LogP contribution in [0.15, 0.2) is 0 Å². The van der Waals surface area contributed by atoms with Crippen molar-refractivity contribution in [2.75, 3.05) is 0 Å². The SMILES string of the molecule is CC(N)(NC1CCCCC1)C(=O)O. The summed E-state index contributed by atoms with van der Waals surface area (Å²) in [6, 6.07) is 0.278. The third kappa shape index (κ3) is 2.97. The Morgan fingerprint density at radius 1 is 1.46 bits per heavy atom. The van der Waals surface area contributed by atoms with Gasteiger partial charge in [0.2, 0.25) is 0 Å². The van der Waals surface area contributed by atoms with Gasteiger partial charge in [0.15, 0.2) is 5.66 Å². The Hall–Kier alpha value is -0.610. The normalized spacial score (nSPS) is 23.8. The fourth-order valence-corrected chi connectivity index (χ4v) is 1.73. The Balaban J connectivity index is 2.41. The van der Waals surface area contributed by atoms with Gasteiger partial charge in [-0.25, -0.2) is 4.79 Å². The summed E-state index contributed by atoms with van der Waals surface area (Å²) in [6.45, 7) is 1.50. The highest BCUT2D eigenvalue weighted by Gasteiger charge is 2.30. The molecule has 0 aromatic carbocycles.